The number of hydrogen-bond acceptors (Lipinski definition) is 9. The highest BCUT2D eigenvalue weighted by Crippen LogP contribution is 2.42. The van der Waals surface area contributed by atoms with Gasteiger partial charge in [0.25, 0.3) is 0 Å². The summed E-state index contributed by atoms with van der Waals surface area (Å²) in [7, 11) is 1.53. The van der Waals surface area contributed by atoms with E-state index < -0.39 is 18.0 Å². The highest BCUT2D eigenvalue weighted by atomic mass is 32.2. The van der Waals surface area contributed by atoms with Gasteiger partial charge in [-0.2, -0.15) is 0 Å². The Morgan fingerprint density at radius 3 is 2.03 bits per heavy atom. The number of esters is 2. The van der Waals surface area contributed by atoms with Gasteiger partial charge in [-0.05, 0) is 71.3 Å². The molecule has 9 nitrogen and oxygen atoms in total. The van der Waals surface area contributed by atoms with E-state index in [1.807, 2.05) is 26.0 Å². The highest BCUT2D eigenvalue weighted by Gasteiger charge is 2.33. The van der Waals surface area contributed by atoms with Crippen molar-refractivity contribution in [2.24, 2.45) is 0 Å². The Morgan fingerprint density at radius 1 is 0.921 bits per heavy atom. The van der Waals surface area contributed by atoms with Crippen molar-refractivity contribution >= 4 is 30.2 Å². The Balaban J connectivity index is 1.37. The smallest absolute Gasteiger partial charge is 0.426 e. The molecule has 38 heavy (non-hydrogen) atoms. The summed E-state index contributed by atoms with van der Waals surface area (Å²) in [5.41, 5.74) is 0.604. The zero-order valence-electron chi connectivity index (χ0n) is 22.7. The van der Waals surface area contributed by atoms with Gasteiger partial charge in [0.05, 0.1) is 0 Å². The van der Waals surface area contributed by atoms with E-state index in [2.05, 4.69) is 0 Å². The molecule has 4 rings (SSSR count). The predicted molar refractivity (Wildman–Crippen MR) is 144 cm³/mol. The first-order valence-electron chi connectivity index (χ1n) is 13.8. The van der Waals surface area contributed by atoms with E-state index in [1.54, 1.807) is 6.07 Å². The topological polar surface area (TPSA) is 94.6 Å². The van der Waals surface area contributed by atoms with Gasteiger partial charge in [0.15, 0.2) is 11.5 Å². The maximum absolute atomic E-state index is 13.0. The normalized spacial score (nSPS) is 19.4. The summed E-state index contributed by atoms with van der Waals surface area (Å²) in [5.74, 6) is 0.0556. The van der Waals surface area contributed by atoms with Crippen LogP contribution in [0.3, 0.4) is 0 Å². The second-order valence-corrected chi connectivity index (χ2v) is 12.3. The summed E-state index contributed by atoms with van der Waals surface area (Å²) in [5, 5.41) is 0. The molecule has 1 aromatic rings. The van der Waals surface area contributed by atoms with E-state index in [0.717, 1.165) is 88.3 Å². The van der Waals surface area contributed by atoms with Gasteiger partial charge in [0.1, 0.15) is 30.9 Å². The lowest BCUT2D eigenvalue weighted by Crippen LogP contribution is -2.38. The number of carbonyl (C=O) groups excluding carboxylic acids is 3. The van der Waals surface area contributed by atoms with Crippen molar-refractivity contribution in [2.45, 2.75) is 102 Å². The Labute approximate surface area is 229 Å². The first-order chi connectivity index (χ1) is 18.2. The van der Waals surface area contributed by atoms with Gasteiger partial charge in [-0.1, -0.05) is 25.0 Å². The lowest BCUT2D eigenvalue weighted by atomic mass is 9.98. The standard InChI is InChI=1S/C28H40N2O7S/c1-28(2)17-20-11-10-16-23(26(20)37-28)36-27(33)29(3)38-30(18-24(31)34-21-12-6-4-7-13-21)19-25(32)35-22-14-8-5-9-15-22/h10-11,16,21-22H,4-9,12-15,17-19H2,1-3H3. The minimum Gasteiger partial charge on any atom is -0.483 e. The van der Waals surface area contributed by atoms with Crippen LogP contribution in [-0.2, 0) is 25.5 Å². The van der Waals surface area contributed by atoms with Gasteiger partial charge in [-0.15, -0.1) is 0 Å². The molecule has 0 atom stereocenters. The molecule has 0 unspecified atom stereocenters. The van der Waals surface area contributed by atoms with Gasteiger partial charge in [-0.25, -0.2) is 13.4 Å². The Bertz CT molecular complexity index is 955. The van der Waals surface area contributed by atoms with E-state index >= 15 is 0 Å². The molecule has 1 amide bonds. The van der Waals surface area contributed by atoms with Crippen molar-refractivity contribution in [3.8, 4) is 11.5 Å². The van der Waals surface area contributed by atoms with Crippen LogP contribution in [0.25, 0.3) is 0 Å². The number of benzene rings is 1. The zero-order chi connectivity index (χ0) is 27.1. The van der Waals surface area contributed by atoms with Crippen LogP contribution < -0.4 is 9.47 Å². The lowest BCUT2D eigenvalue weighted by Gasteiger charge is -2.27. The summed E-state index contributed by atoms with van der Waals surface area (Å²) in [6.07, 6.45) is 9.80. The van der Waals surface area contributed by atoms with E-state index in [4.69, 9.17) is 18.9 Å². The second kappa shape index (κ2) is 13.1. The Kier molecular flexibility index (Phi) is 9.81. The van der Waals surface area contributed by atoms with Crippen molar-refractivity contribution in [3.05, 3.63) is 23.8 Å². The molecule has 0 radical (unpaired) electrons. The third-order valence-corrected chi connectivity index (χ3v) is 7.94. The van der Waals surface area contributed by atoms with Crippen LogP contribution in [0.5, 0.6) is 11.5 Å². The minimum absolute atomic E-state index is 0.0931. The molecular weight excluding hydrogens is 508 g/mol. The quantitative estimate of drug-likeness (QED) is 0.295. The van der Waals surface area contributed by atoms with Gasteiger partial charge >= 0.3 is 18.0 Å². The van der Waals surface area contributed by atoms with Crippen molar-refractivity contribution in [1.82, 2.24) is 8.61 Å². The molecule has 1 heterocycles. The molecule has 10 heteroatoms. The summed E-state index contributed by atoms with van der Waals surface area (Å²) in [6.45, 7) is 3.65. The summed E-state index contributed by atoms with van der Waals surface area (Å²) in [6, 6.07) is 5.48. The Morgan fingerprint density at radius 2 is 1.47 bits per heavy atom. The summed E-state index contributed by atoms with van der Waals surface area (Å²) >= 11 is 0.935. The number of rotatable bonds is 9. The number of para-hydroxylation sites is 1. The molecule has 0 bridgehead atoms. The minimum atomic E-state index is -0.650. The SMILES string of the molecule is CN(SN(CC(=O)OC1CCCCC1)CC(=O)OC1CCCCC1)C(=O)Oc1cccc2c1OC(C)(C)C2. The van der Waals surface area contributed by atoms with Crippen LogP contribution in [-0.4, -0.2) is 64.6 Å². The molecule has 2 fully saturated rings. The number of ether oxygens (including phenoxy) is 4. The lowest BCUT2D eigenvalue weighted by molar-refractivity contribution is -0.153. The first kappa shape index (κ1) is 28.5. The van der Waals surface area contributed by atoms with Crippen LogP contribution in [0.4, 0.5) is 4.79 Å². The fraction of sp³-hybridized carbons (Fsp3) is 0.679. The molecule has 2 aliphatic carbocycles. The molecule has 2 saturated carbocycles. The van der Waals surface area contributed by atoms with Crippen LogP contribution in [0.2, 0.25) is 0 Å². The molecule has 3 aliphatic rings. The molecule has 1 aromatic carbocycles. The summed E-state index contributed by atoms with van der Waals surface area (Å²) in [4.78, 5) is 38.5. The molecule has 1 aliphatic heterocycles. The van der Waals surface area contributed by atoms with E-state index in [0.29, 0.717) is 11.5 Å². The van der Waals surface area contributed by atoms with Crippen LogP contribution >= 0.6 is 12.1 Å². The molecule has 210 valence electrons. The largest absolute Gasteiger partial charge is 0.483 e. The van der Waals surface area contributed by atoms with E-state index in [9.17, 15) is 14.4 Å². The summed E-state index contributed by atoms with van der Waals surface area (Å²) < 4.78 is 25.7. The second-order valence-electron chi connectivity index (χ2n) is 11.0. The maximum atomic E-state index is 13.0. The van der Waals surface area contributed by atoms with Gasteiger partial charge in [0, 0.05) is 31.2 Å². The number of hydrogen-bond donors (Lipinski definition) is 0. The van der Waals surface area contributed by atoms with Crippen LogP contribution in [0.15, 0.2) is 18.2 Å². The average molecular weight is 549 g/mol. The maximum Gasteiger partial charge on any atom is 0.426 e. The molecule has 0 aromatic heterocycles. The first-order valence-corrected chi connectivity index (χ1v) is 14.5. The number of amides is 1. The highest BCUT2D eigenvalue weighted by molar-refractivity contribution is 7.95. The van der Waals surface area contributed by atoms with Crippen molar-refractivity contribution in [1.29, 1.82) is 0 Å². The monoisotopic (exact) mass is 548 g/mol. The fourth-order valence-electron chi connectivity index (χ4n) is 5.25. The molecule has 0 saturated heterocycles. The third-order valence-electron chi connectivity index (χ3n) is 7.06. The predicted octanol–water partition coefficient (Wildman–Crippen LogP) is 5.45. The van der Waals surface area contributed by atoms with E-state index in [-0.39, 0.29) is 30.9 Å². The number of carbonyl (C=O) groups is 3. The Hall–Kier alpha value is -2.46. The van der Waals surface area contributed by atoms with Crippen molar-refractivity contribution < 1.29 is 33.3 Å². The number of fused-ring (bicyclic) bond motifs is 1. The molecular formula is C28H40N2O7S. The zero-order valence-corrected chi connectivity index (χ0v) is 23.6. The van der Waals surface area contributed by atoms with E-state index in [1.165, 1.54) is 15.7 Å². The van der Waals surface area contributed by atoms with Gasteiger partial charge in [-0.3, -0.25) is 9.59 Å². The van der Waals surface area contributed by atoms with Crippen LogP contribution in [0.1, 0.15) is 83.6 Å². The van der Waals surface area contributed by atoms with Crippen LogP contribution in [0, 0.1) is 0 Å². The van der Waals surface area contributed by atoms with Crippen molar-refractivity contribution in [3.63, 3.8) is 0 Å². The average Bonchev–Trinajstić information content (AvgIpc) is 3.20. The molecule has 0 N–H and O–H groups in total. The fourth-order valence-corrected chi connectivity index (χ4v) is 6.02. The van der Waals surface area contributed by atoms with Gasteiger partial charge < -0.3 is 18.9 Å². The third kappa shape index (κ3) is 8.27. The molecule has 0 spiro atoms. The van der Waals surface area contributed by atoms with Gasteiger partial charge in [0.2, 0.25) is 0 Å². The number of nitrogens with zero attached hydrogens (tertiary/aromatic N) is 2. The van der Waals surface area contributed by atoms with Crippen molar-refractivity contribution in [2.75, 3.05) is 20.1 Å².